The number of likely N-dealkylation sites (N-methyl/N-ethyl adjacent to an activating group) is 1. The molecule has 0 spiro atoms. The molecule has 0 aromatic carbocycles. The van der Waals surface area contributed by atoms with Gasteiger partial charge in [0.2, 0.25) is 5.91 Å². The molecule has 1 heterocycles. The van der Waals surface area contributed by atoms with Crippen LogP contribution in [0, 0.1) is 6.92 Å². The molecule has 0 aliphatic carbocycles. The molecule has 0 saturated carbocycles. The fourth-order valence-corrected chi connectivity index (χ4v) is 2.56. The number of thiophene rings is 1. The van der Waals surface area contributed by atoms with Crippen molar-refractivity contribution < 1.29 is 9.59 Å². The Balaban J connectivity index is 2.69. The highest BCUT2D eigenvalue weighted by atomic mass is 79.9. The molecular formula is C10H13BrN2O2S. The molecule has 2 amide bonds. The Hall–Kier alpha value is -0.880. The minimum absolute atomic E-state index is 0.208. The second kappa shape index (κ2) is 5.45. The predicted octanol–water partition coefficient (Wildman–Crippen LogP) is 1.68. The average molecular weight is 305 g/mol. The van der Waals surface area contributed by atoms with Crippen molar-refractivity contribution in [2.24, 2.45) is 0 Å². The molecule has 1 atom stereocenters. The summed E-state index contributed by atoms with van der Waals surface area (Å²) in [6.07, 6.45) is 0. The van der Waals surface area contributed by atoms with Gasteiger partial charge < -0.3 is 10.6 Å². The number of carbonyl (C=O) groups is 2. The SMILES string of the molecule is CNC(=O)C(C)NC(=O)c1cc(C)c(Br)s1. The van der Waals surface area contributed by atoms with Crippen LogP contribution in [0.1, 0.15) is 22.2 Å². The zero-order chi connectivity index (χ0) is 12.3. The predicted molar refractivity (Wildman–Crippen MR) is 67.8 cm³/mol. The topological polar surface area (TPSA) is 58.2 Å². The van der Waals surface area contributed by atoms with E-state index >= 15 is 0 Å². The minimum Gasteiger partial charge on any atom is -0.357 e. The van der Waals surface area contributed by atoms with Crippen LogP contribution in [-0.2, 0) is 4.79 Å². The number of hydrogen-bond acceptors (Lipinski definition) is 3. The molecule has 6 heteroatoms. The van der Waals surface area contributed by atoms with Gasteiger partial charge in [-0.1, -0.05) is 0 Å². The summed E-state index contributed by atoms with van der Waals surface area (Å²) in [5.74, 6) is -0.435. The summed E-state index contributed by atoms with van der Waals surface area (Å²) in [7, 11) is 1.54. The first-order valence-corrected chi connectivity index (χ1v) is 6.35. The minimum atomic E-state index is -0.529. The van der Waals surface area contributed by atoms with Gasteiger partial charge in [-0.25, -0.2) is 0 Å². The highest BCUT2D eigenvalue weighted by molar-refractivity contribution is 9.11. The fourth-order valence-electron chi connectivity index (χ4n) is 1.12. The van der Waals surface area contributed by atoms with Gasteiger partial charge in [0.15, 0.2) is 0 Å². The maximum atomic E-state index is 11.7. The molecule has 0 fully saturated rings. The Morgan fingerprint density at radius 2 is 2.12 bits per heavy atom. The van der Waals surface area contributed by atoms with Gasteiger partial charge in [-0.05, 0) is 41.4 Å². The van der Waals surface area contributed by atoms with E-state index in [1.54, 1.807) is 13.0 Å². The highest BCUT2D eigenvalue weighted by Gasteiger charge is 2.17. The van der Waals surface area contributed by atoms with Gasteiger partial charge in [-0.2, -0.15) is 0 Å². The summed E-state index contributed by atoms with van der Waals surface area (Å²) < 4.78 is 0.935. The van der Waals surface area contributed by atoms with Crippen molar-refractivity contribution >= 4 is 39.1 Å². The summed E-state index contributed by atoms with van der Waals surface area (Å²) in [4.78, 5) is 23.6. The summed E-state index contributed by atoms with van der Waals surface area (Å²) in [5.41, 5.74) is 1.02. The van der Waals surface area contributed by atoms with E-state index in [1.807, 2.05) is 6.92 Å². The molecule has 1 aromatic rings. The van der Waals surface area contributed by atoms with Gasteiger partial charge in [-0.15, -0.1) is 11.3 Å². The Bertz CT molecular complexity index is 397. The van der Waals surface area contributed by atoms with Crippen LogP contribution in [0.2, 0.25) is 0 Å². The smallest absolute Gasteiger partial charge is 0.262 e. The molecule has 0 aliphatic rings. The number of hydrogen-bond donors (Lipinski definition) is 2. The van der Waals surface area contributed by atoms with E-state index in [0.717, 1.165) is 9.35 Å². The van der Waals surface area contributed by atoms with Crippen LogP contribution < -0.4 is 10.6 Å². The molecule has 1 unspecified atom stereocenters. The van der Waals surface area contributed by atoms with E-state index in [9.17, 15) is 9.59 Å². The van der Waals surface area contributed by atoms with Crippen LogP contribution in [0.5, 0.6) is 0 Å². The van der Waals surface area contributed by atoms with Gasteiger partial charge in [-0.3, -0.25) is 9.59 Å². The normalized spacial score (nSPS) is 12.0. The molecular weight excluding hydrogens is 292 g/mol. The van der Waals surface area contributed by atoms with Crippen LogP contribution in [-0.4, -0.2) is 24.9 Å². The quantitative estimate of drug-likeness (QED) is 0.893. The van der Waals surface area contributed by atoms with Crippen molar-refractivity contribution in [2.45, 2.75) is 19.9 Å². The Morgan fingerprint density at radius 3 is 2.56 bits per heavy atom. The van der Waals surface area contributed by atoms with E-state index in [0.29, 0.717) is 4.88 Å². The first-order valence-electron chi connectivity index (χ1n) is 4.74. The van der Waals surface area contributed by atoms with Crippen LogP contribution in [0.15, 0.2) is 9.85 Å². The lowest BCUT2D eigenvalue weighted by atomic mass is 10.3. The Kier molecular flexibility index (Phi) is 4.49. The van der Waals surface area contributed by atoms with Crippen molar-refractivity contribution in [2.75, 3.05) is 7.05 Å². The van der Waals surface area contributed by atoms with Gasteiger partial charge in [0, 0.05) is 7.05 Å². The summed E-state index contributed by atoms with van der Waals surface area (Å²) in [6, 6.07) is 1.26. The lowest BCUT2D eigenvalue weighted by molar-refractivity contribution is -0.122. The lowest BCUT2D eigenvalue weighted by Crippen LogP contribution is -2.43. The summed E-state index contributed by atoms with van der Waals surface area (Å²) >= 11 is 4.71. The van der Waals surface area contributed by atoms with E-state index in [2.05, 4.69) is 26.6 Å². The van der Waals surface area contributed by atoms with Crippen molar-refractivity contribution in [3.63, 3.8) is 0 Å². The standard InChI is InChI=1S/C10H13BrN2O2S/c1-5-4-7(16-8(5)11)10(15)13-6(2)9(14)12-3/h4,6H,1-3H3,(H,12,14)(H,13,15). The molecule has 2 N–H and O–H groups in total. The zero-order valence-electron chi connectivity index (χ0n) is 9.26. The molecule has 16 heavy (non-hydrogen) atoms. The lowest BCUT2D eigenvalue weighted by Gasteiger charge is -2.10. The summed E-state index contributed by atoms with van der Waals surface area (Å²) in [5, 5.41) is 5.10. The van der Waals surface area contributed by atoms with Gasteiger partial charge in [0.1, 0.15) is 6.04 Å². The molecule has 0 bridgehead atoms. The van der Waals surface area contributed by atoms with Crippen LogP contribution in [0.4, 0.5) is 0 Å². The van der Waals surface area contributed by atoms with Crippen molar-refractivity contribution in [3.05, 3.63) is 20.3 Å². The largest absolute Gasteiger partial charge is 0.357 e. The number of amides is 2. The van der Waals surface area contributed by atoms with Gasteiger partial charge in [0.05, 0.1) is 8.66 Å². The first-order chi connectivity index (χ1) is 7.45. The monoisotopic (exact) mass is 304 g/mol. The average Bonchev–Trinajstić information content (AvgIpc) is 2.58. The highest BCUT2D eigenvalue weighted by Crippen LogP contribution is 2.27. The third-order valence-electron chi connectivity index (χ3n) is 2.07. The van der Waals surface area contributed by atoms with Crippen LogP contribution >= 0.6 is 27.3 Å². The molecule has 88 valence electrons. The maximum absolute atomic E-state index is 11.7. The fraction of sp³-hybridized carbons (Fsp3) is 0.400. The van der Waals surface area contributed by atoms with E-state index in [-0.39, 0.29) is 11.8 Å². The second-order valence-electron chi connectivity index (χ2n) is 3.38. The molecule has 0 saturated heterocycles. The first kappa shape index (κ1) is 13.2. The molecule has 0 aliphatic heterocycles. The third kappa shape index (κ3) is 3.05. The van der Waals surface area contributed by atoms with Crippen molar-refractivity contribution in [3.8, 4) is 0 Å². The van der Waals surface area contributed by atoms with Gasteiger partial charge in [0.25, 0.3) is 5.91 Å². The second-order valence-corrected chi connectivity index (χ2v) is 5.75. The number of aryl methyl sites for hydroxylation is 1. The Morgan fingerprint density at radius 1 is 1.50 bits per heavy atom. The number of nitrogens with one attached hydrogen (secondary N) is 2. The number of halogens is 1. The number of carbonyl (C=O) groups excluding carboxylic acids is 2. The van der Waals surface area contributed by atoms with Crippen LogP contribution in [0.3, 0.4) is 0 Å². The van der Waals surface area contributed by atoms with Crippen molar-refractivity contribution in [1.82, 2.24) is 10.6 Å². The zero-order valence-corrected chi connectivity index (χ0v) is 11.7. The van der Waals surface area contributed by atoms with E-state index < -0.39 is 6.04 Å². The van der Waals surface area contributed by atoms with E-state index in [1.165, 1.54) is 18.4 Å². The van der Waals surface area contributed by atoms with Crippen molar-refractivity contribution in [1.29, 1.82) is 0 Å². The van der Waals surface area contributed by atoms with E-state index in [4.69, 9.17) is 0 Å². The molecule has 1 rings (SSSR count). The molecule has 1 aromatic heterocycles. The molecule has 0 radical (unpaired) electrons. The maximum Gasteiger partial charge on any atom is 0.262 e. The van der Waals surface area contributed by atoms with Gasteiger partial charge >= 0.3 is 0 Å². The third-order valence-corrected chi connectivity index (χ3v) is 4.20. The Labute approximate surface area is 107 Å². The summed E-state index contributed by atoms with van der Waals surface area (Å²) in [6.45, 7) is 3.56. The number of rotatable bonds is 3. The molecule has 4 nitrogen and oxygen atoms in total. The van der Waals surface area contributed by atoms with Crippen LogP contribution in [0.25, 0.3) is 0 Å².